The van der Waals surface area contributed by atoms with Crippen LogP contribution < -0.4 is 5.32 Å². The van der Waals surface area contributed by atoms with E-state index in [2.05, 4.69) is 17.1 Å². The van der Waals surface area contributed by atoms with E-state index in [0.717, 1.165) is 0 Å². The van der Waals surface area contributed by atoms with Gasteiger partial charge in [0.05, 0.1) is 5.75 Å². The van der Waals surface area contributed by atoms with Crippen LogP contribution in [0.3, 0.4) is 0 Å². The van der Waals surface area contributed by atoms with E-state index in [1.165, 1.54) is 0 Å². The summed E-state index contributed by atoms with van der Waals surface area (Å²) in [6, 6.07) is 0.337. The molecular weight excluding hydrogens is 226 g/mol. The van der Waals surface area contributed by atoms with Crippen molar-refractivity contribution in [3.8, 4) is 0 Å². The number of likely N-dealkylation sites (N-methyl/N-ethyl adjacent to an activating group) is 1. The van der Waals surface area contributed by atoms with Gasteiger partial charge in [0, 0.05) is 25.7 Å². The van der Waals surface area contributed by atoms with Gasteiger partial charge in [0.15, 0.2) is 0 Å². The van der Waals surface area contributed by atoms with Crippen LogP contribution in [0.5, 0.6) is 0 Å². The van der Waals surface area contributed by atoms with Crippen LogP contribution in [-0.2, 0) is 10.0 Å². The summed E-state index contributed by atoms with van der Waals surface area (Å²) < 4.78 is 25.6. The Morgan fingerprint density at radius 3 is 2.44 bits per heavy atom. The lowest BCUT2D eigenvalue weighted by atomic mass is 10.1. The largest absolute Gasteiger partial charge is 0.319 e. The lowest BCUT2D eigenvalue weighted by Crippen LogP contribution is -2.37. The topological polar surface area (TPSA) is 52.7 Å². The Hall–Kier alpha value is -0.170. The number of rotatable bonds is 5. The number of hydrogen-bond donors (Lipinski definition) is 1. The standard InChI is InChI=1S/C10H23N3O2S/c1-9-7-13(8-10(9)12(3)4)16(14,15)6-5-11-2/h9-11H,5-8H2,1-4H3. The van der Waals surface area contributed by atoms with Crippen molar-refractivity contribution in [3.05, 3.63) is 0 Å². The first-order chi connectivity index (χ1) is 7.38. The van der Waals surface area contributed by atoms with Gasteiger partial charge in [-0.05, 0) is 27.1 Å². The average Bonchev–Trinajstić information content (AvgIpc) is 2.58. The molecule has 0 bridgehead atoms. The number of sulfonamides is 1. The van der Waals surface area contributed by atoms with E-state index in [4.69, 9.17) is 0 Å². The fraction of sp³-hybridized carbons (Fsp3) is 1.00. The van der Waals surface area contributed by atoms with Crippen LogP contribution in [0.4, 0.5) is 0 Å². The summed E-state index contributed by atoms with van der Waals surface area (Å²) >= 11 is 0. The van der Waals surface area contributed by atoms with Crippen LogP contribution in [0, 0.1) is 5.92 Å². The molecule has 16 heavy (non-hydrogen) atoms. The maximum atomic E-state index is 12.0. The summed E-state index contributed by atoms with van der Waals surface area (Å²) in [6.45, 7) is 3.90. The van der Waals surface area contributed by atoms with Crippen molar-refractivity contribution < 1.29 is 8.42 Å². The van der Waals surface area contributed by atoms with Gasteiger partial charge in [-0.25, -0.2) is 8.42 Å². The Kier molecular flexibility index (Phi) is 4.73. The molecule has 1 rings (SSSR count). The molecule has 0 radical (unpaired) electrons. The van der Waals surface area contributed by atoms with Gasteiger partial charge in [-0.15, -0.1) is 0 Å². The highest BCUT2D eigenvalue weighted by molar-refractivity contribution is 7.89. The molecule has 0 aromatic carbocycles. The molecule has 0 aromatic heterocycles. The zero-order chi connectivity index (χ0) is 12.3. The van der Waals surface area contributed by atoms with E-state index < -0.39 is 10.0 Å². The van der Waals surface area contributed by atoms with E-state index in [-0.39, 0.29) is 5.75 Å². The lowest BCUT2D eigenvalue weighted by molar-refractivity contribution is 0.263. The molecule has 0 aromatic rings. The fourth-order valence-corrected chi connectivity index (χ4v) is 3.73. The minimum atomic E-state index is -3.08. The molecule has 1 aliphatic rings. The van der Waals surface area contributed by atoms with Crippen LogP contribution in [0.2, 0.25) is 0 Å². The number of hydrogen-bond acceptors (Lipinski definition) is 4. The molecule has 0 aliphatic carbocycles. The molecule has 0 spiro atoms. The third-order valence-electron chi connectivity index (χ3n) is 3.21. The Labute approximate surface area is 98.8 Å². The quantitative estimate of drug-likeness (QED) is 0.708. The predicted octanol–water partition coefficient (Wildman–Crippen LogP) is -0.582. The van der Waals surface area contributed by atoms with E-state index in [0.29, 0.717) is 31.6 Å². The van der Waals surface area contributed by atoms with Gasteiger partial charge in [-0.3, -0.25) is 0 Å². The first-order valence-electron chi connectivity index (χ1n) is 5.67. The van der Waals surface area contributed by atoms with Crippen LogP contribution in [0.25, 0.3) is 0 Å². The molecule has 0 amide bonds. The van der Waals surface area contributed by atoms with Crippen LogP contribution in [0.15, 0.2) is 0 Å². The summed E-state index contributed by atoms with van der Waals surface area (Å²) in [6.07, 6.45) is 0. The van der Waals surface area contributed by atoms with Crippen molar-refractivity contribution in [2.45, 2.75) is 13.0 Å². The normalized spacial score (nSPS) is 27.8. The Balaban J connectivity index is 2.64. The average molecular weight is 249 g/mol. The molecule has 1 saturated heterocycles. The van der Waals surface area contributed by atoms with Crippen molar-refractivity contribution in [1.82, 2.24) is 14.5 Å². The van der Waals surface area contributed by atoms with E-state index >= 15 is 0 Å². The molecule has 1 heterocycles. The zero-order valence-corrected chi connectivity index (χ0v) is 11.4. The third kappa shape index (κ3) is 3.16. The van der Waals surface area contributed by atoms with Crippen LogP contribution in [0.1, 0.15) is 6.92 Å². The van der Waals surface area contributed by atoms with Gasteiger partial charge >= 0.3 is 0 Å². The van der Waals surface area contributed by atoms with Gasteiger partial charge in [-0.2, -0.15) is 4.31 Å². The van der Waals surface area contributed by atoms with Gasteiger partial charge in [0.1, 0.15) is 0 Å². The highest BCUT2D eigenvalue weighted by atomic mass is 32.2. The van der Waals surface area contributed by atoms with E-state index in [9.17, 15) is 8.42 Å². The van der Waals surface area contributed by atoms with Crippen molar-refractivity contribution in [1.29, 1.82) is 0 Å². The smallest absolute Gasteiger partial charge is 0.215 e. The second-order valence-electron chi connectivity index (χ2n) is 4.74. The third-order valence-corrected chi connectivity index (χ3v) is 5.01. The van der Waals surface area contributed by atoms with Crippen LogP contribution >= 0.6 is 0 Å². The second kappa shape index (κ2) is 5.44. The minimum absolute atomic E-state index is 0.191. The highest BCUT2D eigenvalue weighted by Gasteiger charge is 2.36. The molecule has 2 atom stereocenters. The molecule has 2 unspecified atom stereocenters. The van der Waals surface area contributed by atoms with Crippen molar-refractivity contribution >= 4 is 10.0 Å². The minimum Gasteiger partial charge on any atom is -0.319 e. The predicted molar refractivity (Wildman–Crippen MR) is 65.9 cm³/mol. The van der Waals surface area contributed by atoms with Crippen LogP contribution in [-0.4, -0.2) is 70.2 Å². The monoisotopic (exact) mass is 249 g/mol. The molecule has 96 valence electrons. The maximum Gasteiger partial charge on any atom is 0.215 e. The SMILES string of the molecule is CNCCS(=O)(=O)N1CC(C)C(N(C)C)C1. The Morgan fingerprint density at radius 1 is 1.38 bits per heavy atom. The summed E-state index contributed by atoms with van der Waals surface area (Å²) in [5.41, 5.74) is 0. The van der Waals surface area contributed by atoms with Gasteiger partial charge in [0.25, 0.3) is 0 Å². The molecule has 5 nitrogen and oxygen atoms in total. The first kappa shape index (κ1) is 13.9. The molecule has 1 aliphatic heterocycles. The summed E-state index contributed by atoms with van der Waals surface area (Å²) in [4.78, 5) is 2.11. The summed E-state index contributed by atoms with van der Waals surface area (Å²) in [5.74, 6) is 0.593. The summed E-state index contributed by atoms with van der Waals surface area (Å²) in [7, 11) is 2.70. The zero-order valence-electron chi connectivity index (χ0n) is 10.6. The van der Waals surface area contributed by atoms with Crippen molar-refractivity contribution in [3.63, 3.8) is 0 Å². The number of nitrogens with one attached hydrogen (secondary N) is 1. The Bertz CT molecular complexity index is 316. The molecule has 1 N–H and O–H groups in total. The fourth-order valence-electron chi connectivity index (χ4n) is 2.17. The van der Waals surface area contributed by atoms with Gasteiger partial charge < -0.3 is 10.2 Å². The first-order valence-corrected chi connectivity index (χ1v) is 7.28. The number of nitrogens with zero attached hydrogens (tertiary/aromatic N) is 2. The highest BCUT2D eigenvalue weighted by Crippen LogP contribution is 2.22. The van der Waals surface area contributed by atoms with Crippen molar-refractivity contribution in [2.75, 3.05) is 46.5 Å². The molecule has 6 heteroatoms. The molecule has 0 saturated carbocycles. The van der Waals surface area contributed by atoms with Crippen molar-refractivity contribution in [2.24, 2.45) is 5.92 Å². The Morgan fingerprint density at radius 2 is 2.00 bits per heavy atom. The van der Waals surface area contributed by atoms with E-state index in [1.807, 2.05) is 14.1 Å². The maximum absolute atomic E-state index is 12.0. The van der Waals surface area contributed by atoms with Gasteiger partial charge in [-0.1, -0.05) is 6.92 Å². The second-order valence-corrected chi connectivity index (χ2v) is 6.83. The molecule has 1 fully saturated rings. The van der Waals surface area contributed by atoms with Gasteiger partial charge in [0.2, 0.25) is 10.0 Å². The molecular formula is C10H23N3O2S. The van der Waals surface area contributed by atoms with E-state index in [1.54, 1.807) is 11.4 Å². The summed E-state index contributed by atoms with van der Waals surface area (Å²) in [5, 5.41) is 2.88. The lowest BCUT2D eigenvalue weighted by Gasteiger charge is -2.22.